The Morgan fingerprint density at radius 2 is 2.16 bits per heavy atom. The molecule has 1 heterocycles. The van der Waals surface area contributed by atoms with E-state index < -0.39 is 0 Å². The van der Waals surface area contributed by atoms with Crippen molar-refractivity contribution in [1.82, 2.24) is 4.98 Å². The number of hydrogen-bond donors (Lipinski definition) is 1. The van der Waals surface area contributed by atoms with Crippen molar-refractivity contribution >= 4 is 50.2 Å². The van der Waals surface area contributed by atoms with E-state index in [0.29, 0.717) is 17.1 Å². The Kier molecular flexibility index (Phi) is 4.76. The van der Waals surface area contributed by atoms with Crippen LogP contribution in [0.3, 0.4) is 0 Å². The Bertz CT molecular complexity index is 602. The van der Waals surface area contributed by atoms with Crippen LogP contribution in [-0.2, 0) is 0 Å². The average molecular weight is 433 g/mol. The Hall–Kier alpha value is -1.15. The van der Waals surface area contributed by atoms with Gasteiger partial charge in [0.2, 0.25) is 0 Å². The molecule has 1 N–H and O–H groups in total. The van der Waals surface area contributed by atoms with Gasteiger partial charge in [0.25, 0.3) is 5.91 Å². The molecular formula is C13H10BrIN2O2. The summed E-state index contributed by atoms with van der Waals surface area (Å²) in [7, 11) is 1.53. The number of anilines is 1. The van der Waals surface area contributed by atoms with Gasteiger partial charge < -0.3 is 10.1 Å². The number of carbonyl (C=O) groups excluding carboxylic acids is 1. The van der Waals surface area contributed by atoms with Gasteiger partial charge in [-0.05, 0) is 52.9 Å². The molecule has 2 rings (SSSR count). The zero-order chi connectivity index (χ0) is 13.8. The molecule has 2 aromatic rings. The minimum atomic E-state index is -0.258. The molecule has 0 spiro atoms. The Balaban J connectivity index is 2.24. The molecule has 4 nitrogen and oxygen atoms in total. The van der Waals surface area contributed by atoms with Gasteiger partial charge in [-0.3, -0.25) is 4.79 Å². The van der Waals surface area contributed by atoms with E-state index in [1.165, 1.54) is 7.11 Å². The summed E-state index contributed by atoms with van der Waals surface area (Å²) in [6.45, 7) is 0. The minimum absolute atomic E-state index is 0.258. The number of aromatic nitrogens is 1. The Morgan fingerprint density at radius 3 is 2.79 bits per heavy atom. The number of rotatable bonds is 3. The maximum absolute atomic E-state index is 12.2. The third-order valence-corrected chi connectivity index (χ3v) is 3.51. The summed E-state index contributed by atoms with van der Waals surface area (Å²) < 4.78 is 7.00. The summed E-state index contributed by atoms with van der Waals surface area (Å²) in [4.78, 5) is 16.3. The lowest BCUT2D eigenvalue weighted by atomic mass is 10.2. The monoisotopic (exact) mass is 432 g/mol. The first-order chi connectivity index (χ1) is 9.10. The van der Waals surface area contributed by atoms with E-state index in [9.17, 15) is 4.79 Å². The van der Waals surface area contributed by atoms with Crippen LogP contribution in [0.4, 0.5) is 5.82 Å². The predicted octanol–water partition coefficient (Wildman–Crippen LogP) is 3.71. The smallest absolute Gasteiger partial charge is 0.260 e. The zero-order valence-corrected chi connectivity index (χ0v) is 13.7. The van der Waals surface area contributed by atoms with Crippen LogP contribution in [0.1, 0.15) is 10.4 Å². The molecule has 0 fully saturated rings. The van der Waals surface area contributed by atoms with E-state index in [0.717, 1.165) is 8.04 Å². The molecule has 6 heteroatoms. The van der Waals surface area contributed by atoms with Crippen molar-refractivity contribution in [2.24, 2.45) is 0 Å². The highest BCUT2D eigenvalue weighted by atomic mass is 127. The average Bonchev–Trinajstić information content (AvgIpc) is 2.41. The lowest BCUT2D eigenvalue weighted by molar-refractivity contribution is 0.102. The standard InChI is InChI=1S/C13H10BrIN2O2/c1-19-11-4-2-8(14)6-10(11)13(18)17-12-5-3-9(15)7-16-12/h2-7H,1H3,(H,16,17,18). The van der Waals surface area contributed by atoms with E-state index in [4.69, 9.17) is 4.74 Å². The lowest BCUT2D eigenvalue weighted by Crippen LogP contribution is -2.14. The van der Waals surface area contributed by atoms with Crippen molar-refractivity contribution < 1.29 is 9.53 Å². The number of pyridine rings is 1. The van der Waals surface area contributed by atoms with Gasteiger partial charge in [-0.2, -0.15) is 0 Å². The molecule has 1 aromatic carbocycles. The van der Waals surface area contributed by atoms with Crippen molar-refractivity contribution in [1.29, 1.82) is 0 Å². The number of halogens is 2. The highest BCUT2D eigenvalue weighted by Gasteiger charge is 2.13. The molecule has 0 radical (unpaired) electrons. The summed E-state index contributed by atoms with van der Waals surface area (Å²) in [6.07, 6.45) is 1.69. The molecule has 0 saturated heterocycles. The van der Waals surface area contributed by atoms with Crippen molar-refractivity contribution in [3.8, 4) is 5.75 Å². The van der Waals surface area contributed by atoms with E-state index >= 15 is 0 Å². The van der Waals surface area contributed by atoms with Crippen LogP contribution in [0.25, 0.3) is 0 Å². The Labute approximate surface area is 132 Å². The molecular weight excluding hydrogens is 423 g/mol. The highest BCUT2D eigenvalue weighted by molar-refractivity contribution is 14.1. The SMILES string of the molecule is COc1ccc(Br)cc1C(=O)Nc1ccc(I)cn1. The fourth-order valence-corrected chi connectivity index (χ4v) is 2.17. The lowest BCUT2D eigenvalue weighted by Gasteiger charge is -2.09. The number of ether oxygens (including phenoxy) is 1. The van der Waals surface area contributed by atoms with E-state index in [1.807, 2.05) is 12.1 Å². The first-order valence-corrected chi connectivity index (χ1v) is 7.24. The summed E-state index contributed by atoms with van der Waals surface area (Å²) in [5.41, 5.74) is 0.456. The second-order valence-electron chi connectivity index (χ2n) is 3.66. The molecule has 0 saturated carbocycles. The summed E-state index contributed by atoms with van der Waals surface area (Å²) in [6, 6.07) is 8.89. The van der Waals surface area contributed by atoms with Gasteiger partial charge >= 0.3 is 0 Å². The molecule has 0 atom stereocenters. The van der Waals surface area contributed by atoms with Crippen LogP contribution in [-0.4, -0.2) is 18.0 Å². The van der Waals surface area contributed by atoms with Gasteiger partial charge in [-0.1, -0.05) is 15.9 Å². The van der Waals surface area contributed by atoms with Crippen LogP contribution in [0, 0.1) is 3.57 Å². The van der Waals surface area contributed by atoms with Crippen molar-refractivity contribution in [2.45, 2.75) is 0 Å². The van der Waals surface area contributed by atoms with E-state index in [1.54, 1.807) is 24.4 Å². The quantitative estimate of drug-likeness (QED) is 0.752. The van der Waals surface area contributed by atoms with Crippen molar-refractivity contribution in [3.05, 3.63) is 50.1 Å². The van der Waals surface area contributed by atoms with Crippen LogP contribution in [0.15, 0.2) is 41.0 Å². The molecule has 0 aliphatic heterocycles. The summed E-state index contributed by atoms with van der Waals surface area (Å²) in [5.74, 6) is 0.769. The normalized spacial score (nSPS) is 10.1. The maximum Gasteiger partial charge on any atom is 0.260 e. The van der Waals surface area contributed by atoms with Crippen LogP contribution < -0.4 is 10.1 Å². The third-order valence-electron chi connectivity index (χ3n) is 2.38. The molecule has 1 amide bonds. The zero-order valence-electron chi connectivity index (χ0n) is 9.98. The molecule has 0 aliphatic rings. The summed E-state index contributed by atoms with van der Waals surface area (Å²) in [5, 5.41) is 2.73. The van der Waals surface area contributed by atoms with E-state index in [2.05, 4.69) is 48.8 Å². The molecule has 98 valence electrons. The second kappa shape index (κ2) is 6.33. The third kappa shape index (κ3) is 3.66. The topological polar surface area (TPSA) is 51.2 Å². The van der Waals surface area contributed by atoms with Crippen LogP contribution in [0.2, 0.25) is 0 Å². The molecule has 19 heavy (non-hydrogen) atoms. The van der Waals surface area contributed by atoms with Gasteiger partial charge in [-0.15, -0.1) is 0 Å². The Morgan fingerprint density at radius 1 is 1.37 bits per heavy atom. The van der Waals surface area contributed by atoms with Crippen molar-refractivity contribution in [2.75, 3.05) is 12.4 Å². The second-order valence-corrected chi connectivity index (χ2v) is 5.82. The van der Waals surface area contributed by atoms with Crippen LogP contribution in [0.5, 0.6) is 5.75 Å². The van der Waals surface area contributed by atoms with Gasteiger partial charge in [0, 0.05) is 14.2 Å². The number of amides is 1. The number of nitrogens with zero attached hydrogens (tertiary/aromatic N) is 1. The predicted molar refractivity (Wildman–Crippen MR) is 85.6 cm³/mol. The molecule has 0 bridgehead atoms. The number of benzene rings is 1. The number of carbonyl (C=O) groups is 1. The highest BCUT2D eigenvalue weighted by Crippen LogP contribution is 2.23. The first-order valence-electron chi connectivity index (χ1n) is 5.36. The van der Waals surface area contributed by atoms with Crippen molar-refractivity contribution in [3.63, 3.8) is 0 Å². The number of nitrogens with one attached hydrogen (secondary N) is 1. The molecule has 0 unspecified atom stereocenters. The molecule has 0 aliphatic carbocycles. The van der Waals surface area contributed by atoms with Gasteiger partial charge in [0.1, 0.15) is 11.6 Å². The minimum Gasteiger partial charge on any atom is -0.496 e. The van der Waals surface area contributed by atoms with Gasteiger partial charge in [0.15, 0.2) is 0 Å². The fourth-order valence-electron chi connectivity index (χ4n) is 1.49. The number of hydrogen-bond acceptors (Lipinski definition) is 3. The van der Waals surface area contributed by atoms with E-state index in [-0.39, 0.29) is 5.91 Å². The van der Waals surface area contributed by atoms with Crippen LogP contribution >= 0.6 is 38.5 Å². The largest absolute Gasteiger partial charge is 0.496 e. The van der Waals surface area contributed by atoms with Gasteiger partial charge in [0.05, 0.1) is 12.7 Å². The molecule has 1 aromatic heterocycles. The fraction of sp³-hybridized carbons (Fsp3) is 0.0769. The summed E-state index contributed by atoms with van der Waals surface area (Å²) >= 11 is 5.49. The van der Waals surface area contributed by atoms with Gasteiger partial charge in [-0.25, -0.2) is 4.98 Å². The first kappa shape index (κ1) is 14.3. The maximum atomic E-state index is 12.2. The number of methoxy groups -OCH3 is 1.